The highest BCUT2D eigenvalue weighted by Gasteiger charge is 2.40. The molecule has 0 aliphatic heterocycles. The monoisotopic (exact) mass is 321 g/mol. The Morgan fingerprint density at radius 3 is 2.39 bits per heavy atom. The van der Waals surface area contributed by atoms with E-state index in [-0.39, 0.29) is 17.9 Å². The number of carboxylic acid groups (broad SMARTS) is 1. The third-order valence-electron chi connectivity index (χ3n) is 4.05. The molecule has 1 aliphatic carbocycles. The number of benzene rings is 1. The van der Waals surface area contributed by atoms with Crippen LogP contribution in [0, 0.1) is 0 Å². The van der Waals surface area contributed by atoms with Crippen LogP contribution in [0.25, 0.3) is 0 Å². The maximum Gasteiger partial charge on any atom is 0.412 e. The zero-order chi connectivity index (χ0) is 17.3. The maximum absolute atomic E-state index is 11.8. The number of aromatic hydroxyl groups is 1. The van der Waals surface area contributed by atoms with Crippen molar-refractivity contribution in [2.24, 2.45) is 0 Å². The minimum absolute atomic E-state index is 0.0469. The molecule has 0 saturated heterocycles. The minimum Gasteiger partial charge on any atom is -0.506 e. The molecule has 1 aromatic rings. The molecule has 2 rings (SSSR count). The zero-order valence-electron chi connectivity index (χ0n) is 13.7. The smallest absolute Gasteiger partial charge is 0.412 e. The van der Waals surface area contributed by atoms with E-state index in [0.717, 1.165) is 24.8 Å². The predicted octanol–water partition coefficient (Wildman–Crippen LogP) is 3.64. The van der Waals surface area contributed by atoms with Crippen LogP contribution in [0.3, 0.4) is 0 Å². The van der Waals surface area contributed by atoms with Gasteiger partial charge in [0.05, 0.1) is 12.1 Å². The summed E-state index contributed by atoms with van der Waals surface area (Å²) in [4.78, 5) is 22.8. The number of anilines is 1. The molecule has 6 nitrogen and oxygen atoms in total. The number of carbonyl (C=O) groups excluding carboxylic acids is 1. The van der Waals surface area contributed by atoms with Crippen LogP contribution in [0.1, 0.15) is 52.0 Å². The number of hydrogen-bond acceptors (Lipinski definition) is 4. The Kier molecular flexibility index (Phi) is 4.54. The zero-order valence-corrected chi connectivity index (χ0v) is 13.7. The van der Waals surface area contributed by atoms with Crippen molar-refractivity contribution in [2.45, 2.75) is 57.5 Å². The number of aliphatic carboxylic acids is 1. The molecule has 1 aliphatic rings. The van der Waals surface area contributed by atoms with Crippen LogP contribution in [-0.4, -0.2) is 27.9 Å². The number of phenols is 1. The molecule has 0 heterocycles. The summed E-state index contributed by atoms with van der Waals surface area (Å²) in [6, 6.07) is 4.87. The van der Waals surface area contributed by atoms with Gasteiger partial charge >= 0.3 is 12.1 Å². The number of nitrogens with one attached hydrogen (secondary N) is 1. The maximum atomic E-state index is 11.8. The average Bonchev–Trinajstić information content (AvgIpc) is 2.34. The van der Waals surface area contributed by atoms with E-state index in [2.05, 4.69) is 5.32 Å². The summed E-state index contributed by atoms with van der Waals surface area (Å²) in [5.74, 6) is -0.940. The van der Waals surface area contributed by atoms with E-state index in [0.29, 0.717) is 0 Å². The Labute approximate surface area is 135 Å². The van der Waals surface area contributed by atoms with Crippen LogP contribution in [0.15, 0.2) is 18.2 Å². The molecule has 0 spiro atoms. The van der Waals surface area contributed by atoms with E-state index in [4.69, 9.17) is 9.84 Å². The number of carbonyl (C=O) groups is 2. The highest BCUT2D eigenvalue weighted by Crippen LogP contribution is 2.47. The molecule has 23 heavy (non-hydrogen) atoms. The summed E-state index contributed by atoms with van der Waals surface area (Å²) < 4.78 is 5.14. The van der Waals surface area contributed by atoms with Gasteiger partial charge in [-0.3, -0.25) is 10.1 Å². The first-order valence-electron chi connectivity index (χ1n) is 7.67. The molecule has 1 amide bonds. The first kappa shape index (κ1) is 17.1. The van der Waals surface area contributed by atoms with Gasteiger partial charge in [-0.05, 0) is 51.3 Å². The number of phenolic OH excluding ortho intramolecular Hbond substituents is 1. The van der Waals surface area contributed by atoms with Crippen molar-refractivity contribution >= 4 is 17.7 Å². The van der Waals surface area contributed by atoms with Gasteiger partial charge in [-0.1, -0.05) is 12.5 Å². The van der Waals surface area contributed by atoms with Crippen molar-refractivity contribution < 1.29 is 24.5 Å². The van der Waals surface area contributed by atoms with Crippen LogP contribution < -0.4 is 5.32 Å². The quantitative estimate of drug-likeness (QED) is 0.736. The number of amides is 1. The molecule has 0 bridgehead atoms. The van der Waals surface area contributed by atoms with E-state index < -0.39 is 23.1 Å². The molecular weight excluding hydrogens is 298 g/mol. The van der Waals surface area contributed by atoms with Gasteiger partial charge in [-0.25, -0.2) is 4.79 Å². The Morgan fingerprint density at radius 1 is 1.30 bits per heavy atom. The topological polar surface area (TPSA) is 95.9 Å². The molecular formula is C17H23NO5. The van der Waals surface area contributed by atoms with Crippen molar-refractivity contribution in [1.82, 2.24) is 0 Å². The van der Waals surface area contributed by atoms with E-state index in [1.54, 1.807) is 32.9 Å². The van der Waals surface area contributed by atoms with Gasteiger partial charge in [-0.2, -0.15) is 0 Å². The predicted molar refractivity (Wildman–Crippen MR) is 85.7 cm³/mol. The molecule has 1 aromatic carbocycles. The minimum atomic E-state index is -0.847. The van der Waals surface area contributed by atoms with Gasteiger partial charge in [0.2, 0.25) is 0 Å². The molecule has 1 fully saturated rings. The summed E-state index contributed by atoms with van der Waals surface area (Å²) in [6.07, 6.45) is 1.95. The number of hydrogen-bond donors (Lipinski definition) is 3. The SMILES string of the molecule is CC(C)(C)OC(=O)Nc1ccc(C2(CC(=O)O)CCC2)cc1O. The van der Waals surface area contributed by atoms with Crippen molar-refractivity contribution in [1.29, 1.82) is 0 Å². The van der Waals surface area contributed by atoms with Gasteiger partial charge in [0, 0.05) is 5.41 Å². The lowest BCUT2D eigenvalue weighted by atomic mass is 9.62. The van der Waals surface area contributed by atoms with Crippen molar-refractivity contribution in [3.63, 3.8) is 0 Å². The molecule has 0 radical (unpaired) electrons. The first-order chi connectivity index (χ1) is 10.6. The fourth-order valence-electron chi connectivity index (χ4n) is 2.84. The van der Waals surface area contributed by atoms with E-state index >= 15 is 0 Å². The highest BCUT2D eigenvalue weighted by molar-refractivity contribution is 5.87. The van der Waals surface area contributed by atoms with Crippen LogP contribution in [-0.2, 0) is 14.9 Å². The lowest BCUT2D eigenvalue weighted by Crippen LogP contribution is -2.36. The molecule has 3 N–H and O–H groups in total. The second-order valence-electron chi connectivity index (χ2n) is 7.06. The number of carboxylic acids is 1. The van der Waals surface area contributed by atoms with E-state index in [1.165, 1.54) is 6.07 Å². The van der Waals surface area contributed by atoms with Crippen LogP contribution in [0.2, 0.25) is 0 Å². The second-order valence-corrected chi connectivity index (χ2v) is 7.06. The van der Waals surface area contributed by atoms with Gasteiger partial charge in [0.15, 0.2) is 0 Å². The van der Waals surface area contributed by atoms with Crippen molar-refractivity contribution in [3.8, 4) is 5.75 Å². The van der Waals surface area contributed by atoms with Crippen molar-refractivity contribution in [2.75, 3.05) is 5.32 Å². The first-order valence-corrected chi connectivity index (χ1v) is 7.67. The Balaban J connectivity index is 2.15. The summed E-state index contributed by atoms with van der Waals surface area (Å²) in [7, 11) is 0. The second kappa shape index (κ2) is 6.10. The third kappa shape index (κ3) is 4.15. The van der Waals surface area contributed by atoms with E-state index in [9.17, 15) is 14.7 Å². The summed E-state index contributed by atoms with van der Waals surface area (Å²) in [5, 5.41) is 21.7. The van der Waals surface area contributed by atoms with Gasteiger partial charge < -0.3 is 14.9 Å². The molecule has 6 heteroatoms. The number of rotatable bonds is 4. The van der Waals surface area contributed by atoms with Gasteiger partial charge in [-0.15, -0.1) is 0 Å². The largest absolute Gasteiger partial charge is 0.506 e. The average molecular weight is 321 g/mol. The Morgan fingerprint density at radius 2 is 1.96 bits per heavy atom. The summed E-state index contributed by atoms with van der Waals surface area (Å²) in [6.45, 7) is 5.26. The third-order valence-corrected chi connectivity index (χ3v) is 4.05. The fourth-order valence-corrected chi connectivity index (χ4v) is 2.84. The molecule has 0 atom stereocenters. The normalized spacial score (nSPS) is 16.3. The van der Waals surface area contributed by atoms with Crippen LogP contribution in [0.5, 0.6) is 5.75 Å². The molecule has 1 saturated carbocycles. The van der Waals surface area contributed by atoms with Gasteiger partial charge in [0.25, 0.3) is 0 Å². The Hall–Kier alpha value is -2.24. The fraction of sp³-hybridized carbons (Fsp3) is 0.529. The lowest BCUT2D eigenvalue weighted by Gasteiger charge is -2.41. The molecule has 126 valence electrons. The van der Waals surface area contributed by atoms with Crippen LogP contribution in [0.4, 0.5) is 10.5 Å². The van der Waals surface area contributed by atoms with Crippen LogP contribution >= 0.6 is 0 Å². The molecule has 0 aromatic heterocycles. The standard InChI is InChI=1S/C17H23NO5/c1-16(2,3)23-15(22)18-12-6-5-11(9-13(12)19)17(7-4-8-17)10-14(20)21/h5-6,9,19H,4,7-8,10H2,1-3H3,(H,18,22)(H,20,21). The highest BCUT2D eigenvalue weighted by atomic mass is 16.6. The van der Waals surface area contributed by atoms with Crippen molar-refractivity contribution in [3.05, 3.63) is 23.8 Å². The summed E-state index contributed by atoms with van der Waals surface area (Å²) in [5.41, 5.74) is -0.00332. The summed E-state index contributed by atoms with van der Waals surface area (Å²) >= 11 is 0. The number of ether oxygens (including phenoxy) is 1. The van der Waals surface area contributed by atoms with E-state index in [1.807, 2.05) is 0 Å². The van der Waals surface area contributed by atoms with Gasteiger partial charge in [0.1, 0.15) is 11.4 Å². The lowest BCUT2D eigenvalue weighted by molar-refractivity contribution is -0.139. The molecule has 0 unspecified atom stereocenters. The Bertz CT molecular complexity index is 614.